The van der Waals surface area contributed by atoms with Crippen molar-refractivity contribution < 1.29 is 19.1 Å². The van der Waals surface area contributed by atoms with E-state index in [1.165, 1.54) is 0 Å². The molecule has 2 unspecified atom stereocenters. The van der Waals surface area contributed by atoms with Crippen molar-refractivity contribution in [2.24, 2.45) is 5.92 Å². The van der Waals surface area contributed by atoms with Crippen LogP contribution in [0.5, 0.6) is 11.5 Å². The molecule has 1 heterocycles. The number of nitrogens with one attached hydrogen (secondary N) is 2. The van der Waals surface area contributed by atoms with Crippen LogP contribution in [0.2, 0.25) is 0 Å². The lowest BCUT2D eigenvalue weighted by atomic mass is 9.97. The fourth-order valence-corrected chi connectivity index (χ4v) is 3.52. The van der Waals surface area contributed by atoms with Gasteiger partial charge in [0.1, 0.15) is 11.5 Å². The molecule has 1 fully saturated rings. The number of ketones is 1. The van der Waals surface area contributed by atoms with Crippen LogP contribution < -0.4 is 15.4 Å². The Hall–Kier alpha value is -3.93. The molecule has 31 heavy (non-hydrogen) atoms. The number of ether oxygens (including phenoxy) is 1. The zero-order valence-electron chi connectivity index (χ0n) is 16.8. The number of rotatable bonds is 7. The third kappa shape index (κ3) is 4.98. The number of amides is 2. The normalized spacial score (nSPS) is 17.8. The van der Waals surface area contributed by atoms with Gasteiger partial charge in [-0.2, -0.15) is 0 Å². The van der Waals surface area contributed by atoms with Crippen molar-refractivity contribution in [3.05, 3.63) is 90.5 Å². The van der Waals surface area contributed by atoms with E-state index in [-0.39, 0.29) is 5.78 Å². The molecule has 0 bridgehead atoms. The first-order valence-electron chi connectivity index (χ1n) is 10.1. The number of hydrogen-bond donors (Lipinski definition) is 2. The fraction of sp³-hybridized carbons (Fsp3) is 0.160. The molecule has 156 valence electrons. The summed E-state index contributed by atoms with van der Waals surface area (Å²) in [4.78, 5) is 37.6. The van der Waals surface area contributed by atoms with Crippen LogP contribution in [-0.2, 0) is 20.8 Å². The number of carbonyl (C=O) groups excluding carboxylic acids is 3. The number of benzene rings is 3. The number of hydrogen-bond acceptors (Lipinski definition) is 4. The van der Waals surface area contributed by atoms with Gasteiger partial charge in [-0.15, -0.1) is 0 Å². The SMILES string of the molecule is O=C(Nc1ccc(Oc2ccccc2)cc1)C1C(=O)NC(CCc2ccccc2)C1=O. The Kier molecular flexibility index (Phi) is 6.08. The maximum absolute atomic E-state index is 12.7. The molecule has 0 aromatic heterocycles. The summed E-state index contributed by atoms with van der Waals surface area (Å²) in [6, 6.07) is 25.2. The van der Waals surface area contributed by atoms with Crippen molar-refractivity contribution in [2.75, 3.05) is 5.32 Å². The van der Waals surface area contributed by atoms with E-state index in [1.54, 1.807) is 24.3 Å². The quantitative estimate of drug-likeness (QED) is 0.577. The number of carbonyl (C=O) groups is 3. The predicted molar refractivity (Wildman–Crippen MR) is 117 cm³/mol. The molecule has 3 aromatic rings. The van der Waals surface area contributed by atoms with Gasteiger partial charge < -0.3 is 15.4 Å². The minimum absolute atomic E-state index is 0.387. The maximum atomic E-state index is 12.7. The van der Waals surface area contributed by atoms with Gasteiger partial charge in [-0.3, -0.25) is 14.4 Å². The van der Waals surface area contributed by atoms with E-state index in [0.29, 0.717) is 30.0 Å². The minimum atomic E-state index is -1.33. The Morgan fingerprint density at radius 3 is 2.13 bits per heavy atom. The molecule has 0 aliphatic carbocycles. The van der Waals surface area contributed by atoms with Gasteiger partial charge in [0.25, 0.3) is 0 Å². The van der Waals surface area contributed by atoms with Crippen LogP contribution in [0.3, 0.4) is 0 Å². The fourth-order valence-electron chi connectivity index (χ4n) is 3.52. The zero-order chi connectivity index (χ0) is 21.6. The molecular formula is C25H22N2O4. The van der Waals surface area contributed by atoms with Crippen LogP contribution in [0, 0.1) is 5.92 Å². The summed E-state index contributed by atoms with van der Waals surface area (Å²) in [5, 5.41) is 5.31. The van der Waals surface area contributed by atoms with Gasteiger partial charge in [-0.1, -0.05) is 48.5 Å². The Labute approximate surface area is 180 Å². The maximum Gasteiger partial charge on any atom is 0.244 e. The molecule has 4 rings (SSSR count). The highest BCUT2D eigenvalue weighted by Gasteiger charge is 2.45. The summed E-state index contributed by atoms with van der Waals surface area (Å²) >= 11 is 0. The van der Waals surface area contributed by atoms with E-state index < -0.39 is 23.8 Å². The van der Waals surface area contributed by atoms with E-state index in [9.17, 15) is 14.4 Å². The smallest absolute Gasteiger partial charge is 0.244 e. The van der Waals surface area contributed by atoms with E-state index >= 15 is 0 Å². The van der Waals surface area contributed by atoms with Crippen LogP contribution in [0.4, 0.5) is 5.69 Å². The Balaban J connectivity index is 1.34. The average Bonchev–Trinajstić information content (AvgIpc) is 3.08. The second-order valence-electron chi connectivity index (χ2n) is 7.35. The van der Waals surface area contributed by atoms with Gasteiger partial charge >= 0.3 is 0 Å². The van der Waals surface area contributed by atoms with Crippen molar-refractivity contribution in [2.45, 2.75) is 18.9 Å². The zero-order valence-corrected chi connectivity index (χ0v) is 16.8. The summed E-state index contributed by atoms with van der Waals surface area (Å²) in [6.07, 6.45) is 1.11. The molecule has 1 aliphatic rings. The Bertz CT molecular complexity index is 1070. The summed E-state index contributed by atoms with van der Waals surface area (Å²) in [7, 11) is 0. The molecular weight excluding hydrogens is 392 g/mol. The lowest BCUT2D eigenvalue weighted by molar-refractivity contribution is -0.135. The predicted octanol–water partition coefficient (Wildman–Crippen LogP) is 3.73. The second-order valence-corrected chi connectivity index (χ2v) is 7.35. The largest absolute Gasteiger partial charge is 0.457 e. The summed E-state index contributed by atoms with van der Waals surface area (Å²) in [5.41, 5.74) is 1.56. The van der Waals surface area contributed by atoms with Gasteiger partial charge in [-0.25, -0.2) is 0 Å². The standard InChI is InChI=1S/C25H22N2O4/c28-23-21(16-11-17-7-3-1-4-8-17)27-25(30)22(23)24(29)26-18-12-14-20(15-13-18)31-19-9-5-2-6-10-19/h1-10,12-15,21-22H,11,16H2,(H,26,29)(H,27,30). The molecule has 3 aromatic carbocycles. The van der Waals surface area contributed by atoms with Crippen molar-refractivity contribution in [1.82, 2.24) is 5.32 Å². The van der Waals surface area contributed by atoms with Crippen molar-refractivity contribution in [3.63, 3.8) is 0 Å². The van der Waals surface area contributed by atoms with E-state index in [0.717, 1.165) is 5.56 Å². The highest BCUT2D eigenvalue weighted by atomic mass is 16.5. The monoisotopic (exact) mass is 414 g/mol. The van der Waals surface area contributed by atoms with Crippen molar-refractivity contribution in [3.8, 4) is 11.5 Å². The van der Waals surface area contributed by atoms with Crippen LogP contribution in [0.15, 0.2) is 84.9 Å². The first kappa shape index (κ1) is 20.3. The summed E-state index contributed by atoms with van der Waals surface area (Å²) in [5.74, 6) is -1.58. The Morgan fingerprint density at radius 2 is 1.45 bits per heavy atom. The van der Waals surface area contributed by atoms with E-state index in [4.69, 9.17) is 4.74 Å². The molecule has 0 saturated carbocycles. The van der Waals surface area contributed by atoms with Crippen LogP contribution >= 0.6 is 0 Å². The van der Waals surface area contributed by atoms with E-state index in [2.05, 4.69) is 10.6 Å². The lowest BCUT2D eigenvalue weighted by Gasteiger charge is -2.10. The highest BCUT2D eigenvalue weighted by Crippen LogP contribution is 2.24. The lowest BCUT2D eigenvalue weighted by Crippen LogP contribution is -2.32. The molecule has 2 atom stereocenters. The molecule has 2 amide bonds. The molecule has 1 saturated heterocycles. The molecule has 0 spiro atoms. The Morgan fingerprint density at radius 1 is 0.839 bits per heavy atom. The molecule has 6 heteroatoms. The van der Waals surface area contributed by atoms with Crippen molar-refractivity contribution in [1.29, 1.82) is 0 Å². The number of anilines is 1. The van der Waals surface area contributed by atoms with Crippen LogP contribution in [0.1, 0.15) is 12.0 Å². The second kappa shape index (κ2) is 9.26. The van der Waals surface area contributed by atoms with Crippen molar-refractivity contribution >= 4 is 23.3 Å². The van der Waals surface area contributed by atoms with Gasteiger partial charge in [0, 0.05) is 5.69 Å². The summed E-state index contributed by atoms with van der Waals surface area (Å²) < 4.78 is 5.72. The summed E-state index contributed by atoms with van der Waals surface area (Å²) in [6.45, 7) is 0. The van der Waals surface area contributed by atoms with Gasteiger partial charge in [0.05, 0.1) is 6.04 Å². The number of Topliss-reactive ketones (excluding diaryl/α,β-unsaturated/α-hetero) is 1. The number of para-hydroxylation sites is 1. The molecule has 2 N–H and O–H groups in total. The first-order valence-corrected chi connectivity index (χ1v) is 10.1. The third-order valence-corrected chi connectivity index (χ3v) is 5.13. The molecule has 6 nitrogen and oxygen atoms in total. The number of aryl methyl sites for hydroxylation is 1. The minimum Gasteiger partial charge on any atom is -0.457 e. The molecule has 0 radical (unpaired) electrons. The van der Waals surface area contributed by atoms with Gasteiger partial charge in [0.2, 0.25) is 11.8 Å². The van der Waals surface area contributed by atoms with Gasteiger partial charge in [0.15, 0.2) is 11.7 Å². The first-order chi connectivity index (χ1) is 15.1. The average molecular weight is 414 g/mol. The molecule has 1 aliphatic heterocycles. The van der Waals surface area contributed by atoms with Crippen LogP contribution in [0.25, 0.3) is 0 Å². The van der Waals surface area contributed by atoms with E-state index in [1.807, 2.05) is 60.7 Å². The van der Waals surface area contributed by atoms with Crippen LogP contribution in [-0.4, -0.2) is 23.6 Å². The highest BCUT2D eigenvalue weighted by molar-refractivity contribution is 6.26. The topological polar surface area (TPSA) is 84.5 Å². The van der Waals surface area contributed by atoms with Gasteiger partial charge in [-0.05, 0) is 54.8 Å². The third-order valence-electron chi connectivity index (χ3n) is 5.13.